The van der Waals surface area contributed by atoms with Crippen LogP contribution in [0.5, 0.6) is 11.6 Å². The van der Waals surface area contributed by atoms with Crippen LogP contribution in [0, 0.1) is 0 Å². The van der Waals surface area contributed by atoms with E-state index in [1.54, 1.807) is 12.4 Å². The van der Waals surface area contributed by atoms with Crippen LogP contribution in [0.2, 0.25) is 0 Å². The van der Waals surface area contributed by atoms with E-state index >= 15 is 0 Å². The SMILES string of the molecule is CCCn1cc(Oc2ncc(Br)cc2CNC)cn1. The van der Waals surface area contributed by atoms with Crippen molar-refractivity contribution in [1.29, 1.82) is 0 Å². The third-order valence-electron chi connectivity index (χ3n) is 2.54. The highest BCUT2D eigenvalue weighted by molar-refractivity contribution is 9.10. The minimum Gasteiger partial charge on any atom is -0.435 e. The van der Waals surface area contributed by atoms with Crippen LogP contribution in [-0.4, -0.2) is 21.8 Å². The van der Waals surface area contributed by atoms with Crippen molar-refractivity contribution < 1.29 is 4.74 Å². The van der Waals surface area contributed by atoms with Crippen molar-refractivity contribution in [2.45, 2.75) is 26.4 Å². The number of aromatic nitrogens is 3. The quantitative estimate of drug-likeness (QED) is 0.887. The number of halogens is 1. The predicted molar refractivity (Wildman–Crippen MR) is 77.3 cm³/mol. The number of nitrogens with one attached hydrogen (secondary N) is 1. The number of hydrogen-bond acceptors (Lipinski definition) is 4. The molecule has 2 aromatic rings. The van der Waals surface area contributed by atoms with E-state index in [1.165, 1.54) is 0 Å². The van der Waals surface area contributed by atoms with E-state index in [0.717, 1.165) is 23.0 Å². The van der Waals surface area contributed by atoms with E-state index in [9.17, 15) is 0 Å². The monoisotopic (exact) mass is 324 g/mol. The standard InChI is InChI=1S/C13H17BrN4O/c1-3-4-18-9-12(8-17-18)19-13-10(6-15-2)5-11(14)7-16-13/h5,7-9,15H,3-4,6H2,1-2H3. The molecule has 0 aliphatic rings. The Hall–Kier alpha value is -1.40. The minimum absolute atomic E-state index is 0.605. The number of rotatable bonds is 6. The molecule has 0 atom stereocenters. The average Bonchev–Trinajstić information content (AvgIpc) is 2.81. The van der Waals surface area contributed by atoms with Gasteiger partial charge in [0, 0.05) is 29.3 Å². The van der Waals surface area contributed by atoms with Crippen LogP contribution in [0.1, 0.15) is 18.9 Å². The first-order chi connectivity index (χ1) is 9.22. The molecule has 5 nitrogen and oxygen atoms in total. The summed E-state index contributed by atoms with van der Waals surface area (Å²) in [6.45, 7) is 3.70. The number of aryl methyl sites for hydroxylation is 1. The molecule has 6 heteroatoms. The van der Waals surface area contributed by atoms with Crippen LogP contribution in [0.25, 0.3) is 0 Å². The maximum atomic E-state index is 5.79. The first-order valence-corrected chi connectivity index (χ1v) is 7.01. The van der Waals surface area contributed by atoms with E-state index in [4.69, 9.17) is 4.74 Å². The second-order valence-electron chi connectivity index (χ2n) is 4.19. The molecule has 0 aliphatic heterocycles. The van der Waals surface area contributed by atoms with Crippen LogP contribution in [0.4, 0.5) is 0 Å². The van der Waals surface area contributed by atoms with Crippen molar-refractivity contribution in [2.24, 2.45) is 0 Å². The molecule has 19 heavy (non-hydrogen) atoms. The van der Waals surface area contributed by atoms with Gasteiger partial charge in [0.25, 0.3) is 0 Å². The summed E-state index contributed by atoms with van der Waals surface area (Å²) in [7, 11) is 1.89. The van der Waals surface area contributed by atoms with Gasteiger partial charge in [0.15, 0.2) is 5.75 Å². The number of ether oxygens (including phenoxy) is 1. The molecule has 1 N–H and O–H groups in total. The molecule has 0 aliphatic carbocycles. The van der Waals surface area contributed by atoms with E-state index in [0.29, 0.717) is 18.2 Å². The number of nitrogens with zero attached hydrogens (tertiary/aromatic N) is 3. The molecule has 0 aromatic carbocycles. The lowest BCUT2D eigenvalue weighted by Gasteiger charge is -2.08. The molecule has 0 amide bonds. The van der Waals surface area contributed by atoms with Gasteiger partial charge in [-0.2, -0.15) is 5.10 Å². The fraction of sp³-hybridized carbons (Fsp3) is 0.385. The lowest BCUT2D eigenvalue weighted by Crippen LogP contribution is -2.07. The van der Waals surface area contributed by atoms with Crippen molar-refractivity contribution in [1.82, 2.24) is 20.1 Å². The Morgan fingerprint density at radius 2 is 2.26 bits per heavy atom. The highest BCUT2D eigenvalue weighted by Crippen LogP contribution is 2.25. The van der Waals surface area contributed by atoms with E-state index in [-0.39, 0.29) is 0 Å². The van der Waals surface area contributed by atoms with Gasteiger partial charge in [-0.15, -0.1) is 0 Å². The average molecular weight is 325 g/mol. The maximum absolute atomic E-state index is 5.79. The van der Waals surface area contributed by atoms with Gasteiger partial charge in [0.1, 0.15) is 0 Å². The van der Waals surface area contributed by atoms with Crippen molar-refractivity contribution >= 4 is 15.9 Å². The lowest BCUT2D eigenvalue weighted by atomic mass is 10.3. The Bertz CT molecular complexity index is 541. The highest BCUT2D eigenvalue weighted by atomic mass is 79.9. The molecule has 0 spiro atoms. The van der Waals surface area contributed by atoms with E-state index in [2.05, 4.69) is 38.3 Å². The summed E-state index contributed by atoms with van der Waals surface area (Å²) in [5.41, 5.74) is 1.00. The Labute approximate surface area is 121 Å². The van der Waals surface area contributed by atoms with Crippen molar-refractivity contribution in [3.8, 4) is 11.6 Å². The third-order valence-corrected chi connectivity index (χ3v) is 2.97. The van der Waals surface area contributed by atoms with E-state index < -0.39 is 0 Å². The lowest BCUT2D eigenvalue weighted by molar-refractivity contribution is 0.452. The van der Waals surface area contributed by atoms with Gasteiger partial charge in [-0.1, -0.05) is 6.92 Å². The largest absolute Gasteiger partial charge is 0.435 e. The molecule has 0 bridgehead atoms. The summed E-state index contributed by atoms with van der Waals surface area (Å²) in [5, 5.41) is 7.34. The maximum Gasteiger partial charge on any atom is 0.223 e. The van der Waals surface area contributed by atoms with Gasteiger partial charge in [0.05, 0.1) is 12.4 Å². The Morgan fingerprint density at radius 1 is 1.42 bits per heavy atom. The molecule has 2 aromatic heterocycles. The molecule has 0 saturated carbocycles. The first kappa shape index (κ1) is 14.0. The fourth-order valence-corrected chi connectivity index (χ4v) is 2.12. The summed E-state index contributed by atoms with van der Waals surface area (Å²) in [6, 6.07) is 2.00. The normalized spacial score (nSPS) is 10.7. The molecule has 0 unspecified atom stereocenters. The third kappa shape index (κ3) is 3.78. The van der Waals surface area contributed by atoms with Crippen molar-refractivity contribution in [3.63, 3.8) is 0 Å². The summed E-state index contributed by atoms with van der Waals surface area (Å²) in [5.74, 6) is 1.31. The Kier molecular flexibility index (Phi) is 4.93. The van der Waals surface area contributed by atoms with Gasteiger partial charge < -0.3 is 10.1 Å². The van der Waals surface area contributed by atoms with Gasteiger partial charge >= 0.3 is 0 Å². The topological polar surface area (TPSA) is 52.0 Å². The van der Waals surface area contributed by atoms with Crippen molar-refractivity contribution in [3.05, 3.63) is 34.7 Å². The first-order valence-electron chi connectivity index (χ1n) is 6.22. The predicted octanol–water partition coefficient (Wildman–Crippen LogP) is 2.96. The van der Waals surface area contributed by atoms with Crippen LogP contribution < -0.4 is 10.1 Å². The van der Waals surface area contributed by atoms with Gasteiger partial charge in [-0.25, -0.2) is 4.98 Å². The second-order valence-corrected chi connectivity index (χ2v) is 5.10. The molecular formula is C13H17BrN4O. The molecule has 0 saturated heterocycles. The zero-order chi connectivity index (χ0) is 13.7. The highest BCUT2D eigenvalue weighted by Gasteiger charge is 2.08. The van der Waals surface area contributed by atoms with E-state index in [1.807, 2.05) is 24.0 Å². The molecule has 102 valence electrons. The van der Waals surface area contributed by atoms with Crippen LogP contribution in [0.15, 0.2) is 29.1 Å². The number of pyridine rings is 1. The molecule has 0 radical (unpaired) electrons. The van der Waals surface area contributed by atoms with Gasteiger partial charge in [-0.05, 0) is 35.5 Å². The fourth-order valence-electron chi connectivity index (χ4n) is 1.74. The molecule has 2 heterocycles. The zero-order valence-corrected chi connectivity index (χ0v) is 12.6. The summed E-state index contributed by atoms with van der Waals surface area (Å²) in [4.78, 5) is 4.30. The molecule has 0 fully saturated rings. The number of hydrogen-bond donors (Lipinski definition) is 1. The molecular weight excluding hydrogens is 308 g/mol. The van der Waals surface area contributed by atoms with Crippen LogP contribution in [-0.2, 0) is 13.1 Å². The Morgan fingerprint density at radius 3 is 3.00 bits per heavy atom. The smallest absolute Gasteiger partial charge is 0.223 e. The zero-order valence-electron chi connectivity index (χ0n) is 11.1. The summed E-state index contributed by atoms with van der Waals surface area (Å²) < 4.78 is 8.59. The van der Waals surface area contributed by atoms with Gasteiger partial charge in [0.2, 0.25) is 5.88 Å². The van der Waals surface area contributed by atoms with Crippen molar-refractivity contribution in [2.75, 3.05) is 7.05 Å². The summed E-state index contributed by atoms with van der Waals surface area (Å²) in [6.07, 6.45) is 6.37. The minimum atomic E-state index is 0.605. The van der Waals surface area contributed by atoms with Gasteiger partial charge in [-0.3, -0.25) is 4.68 Å². The van der Waals surface area contributed by atoms with Crippen LogP contribution in [0.3, 0.4) is 0 Å². The molecule has 2 rings (SSSR count). The second kappa shape index (κ2) is 6.68. The van der Waals surface area contributed by atoms with Crippen LogP contribution >= 0.6 is 15.9 Å². The Balaban J connectivity index is 2.16. The summed E-state index contributed by atoms with van der Waals surface area (Å²) >= 11 is 3.41.